The Morgan fingerprint density at radius 2 is 1.77 bits per heavy atom. The molecule has 23 heteroatoms. The number of hydrogen-bond acceptors (Lipinski definition) is 10. The monoisotopic (exact) mass is 940 g/mol. The van der Waals surface area contributed by atoms with Crippen molar-refractivity contribution in [1.82, 2.24) is 44.4 Å². The first-order valence-electron chi connectivity index (χ1n) is 19.8. The fraction of sp³-hybridized carbons (Fsp3) is 0.310. The second-order valence-electron chi connectivity index (χ2n) is 16.0. The molecule has 0 bridgehead atoms. The van der Waals surface area contributed by atoms with E-state index in [0.717, 1.165) is 23.0 Å². The molecular weight excluding hydrogens is 906 g/mol. The number of nitrogens with zero attached hydrogens (tertiary/aromatic N) is 8. The number of rotatable bonds is 13. The largest absolute Gasteiger partial charge is 0.377 e. The van der Waals surface area contributed by atoms with Gasteiger partial charge in [-0.15, -0.1) is 0 Å². The Morgan fingerprint density at radius 3 is 2.46 bits per heavy atom. The Morgan fingerprint density at radius 1 is 1.03 bits per heavy atom. The number of hydrogen-bond donors (Lipinski definition) is 2. The molecule has 1 amide bonds. The van der Waals surface area contributed by atoms with Gasteiger partial charge in [-0.05, 0) is 67.3 Å². The Kier molecular flexibility index (Phi) is 10.8. The maximum absolute atomic E-state index is 15.6. The van der Waals surface area contributed by atoms with Crippen molar-refractivity contribution in [3.63, 3.8) is 0 Å². The molecule has 4 heterocycles. The lowest BCUT2D eigenvalue weighted by Crippen LogP contribution is -2.38. The van der Waals surface area contributed by atoms with Gasteiger partial charge in [0.1, 0.15) is 42.0 Å². The molecule has 0 radical (unpaired) electrons. The minimum atomic E-state index is -3.93. The minimum Gasteiger partial charge on any atom is -0.377 e. The molecule has 3 atom stereocenters. The van der Waals surface area contributed by atoms with Crippen molar-refractivity contribution in [3.8, 4) is 16.9 Å². The number of aromatic nitrogens is 8. The van der Waals surface area contributed by atoms with Crippen LogP contribution in [0.1, 0.15) is 64.7 Å². The third-order valence-corrected chi connectivity index (χ3v) is 12.2. The van der Waals surface area contributed by atoms with Crippen molar-refractivity contribution < 1.29 is 44.3 Å². The molecule has 1 saturated carbocycles. The summed E-state index contributed by atoms with van der Waals surface area (Å²) in [6, 6.07) is 10.2. The van der Waals surface area contributed by atoms with Gasteiger partial charge in [-0.25, -0.2) is 40.9 Å². The van der Waals surface area contributed by atoms with Crippen molar-refractivity contribution >= 4 is 55.2 Å². The van der Waals surface area contributed by atoms with Crippen molar-refractivity contribution in [1.29, 1.82) is 0 Å². The number of fused-ring (bicyclic) bond motifs is 5. The van der Waals surface area contributed by atoms with E-state index in [1.165, 1.54) is 37.0 Å². The highest BCUT2D eigenvalue weighted by atomic mass is 35.5. The Labute approximate surface area is 369 Å². The van der Waals surface area contributed by atoms with Crippen molar-refractivity contribution in [2.24, 2.45) is 13.0 Å². The molecule has 338 valence electrons. The number of methoxy groups -OCH3 is 1. The maximum atomic E-state index is 15.6. The summed E-state index contributed by atoms with van der Waals surface area (Å²) in [5.74, 6) is -8.75. The van der Waals surface area contributed by atoms with Gasteiger partial charge in [0.2, 0.25) is 15.9 Å². The number of carbonyl (C=O) groups is 1. The van der Waals surface area contributed by atoms with Gasteiger partial charge in [0.25, 0.3) is 17.9 Å². The Balaban J connectivity index is 1.26. The Bertz CT molecular complexity index is 3290. The number of amides is 1. The summed E-state index contributed by atoms with van der Waals surface area (Å²) in [5, 5.41) is 10.8. The lowest BCUT2D eigenvalue weighted by atomic mass is 10.0. The highest BCUT2D eigenvalue weighted by molar-refractivity contribution is 7.92. The third-order valence-electron chi connectivity index (χ3n) is 11.3. The molecule has 0 unspecified atom stereocenters. The molecule has 0 spiro atoms. The highest BCUT2D eigenvalue weighted by Gasteiger charge is 2.67. The normalized spacial score (nSPS) is 16.9. The zero-order valence-corrected chi connectivity index (χ0v) is 36.1. The molecule has 2 aliphatic carbocycles. The number of halogens is 7. The zero-order valence-electron chi connectivity index (χ0n) is 34.5. The van der Waals surface area contributed by atoms with E-state index in [2.05, 4.69) is 30.2 Å². The van der Waals surface area contributed by atoms with Gasteiger partial charge in [0.05, 0.1) is 50.5 Å². The summed E-state index contributed by atoms with van der Waals surface area (Å²) in [5.41, 5.74) is -1.09. The van der Waals surface area contributed by atoms with Crippen LogP contribution in [0.25, 0.3) is 38.8 Å². The summed E-state index contributed by atoms with van der Waals surface area (Å²) < 4.78 is 124. The molecule has 7 aromatic rings. The van der Waals surface area contributed by atoms with Crippen LogP contribution in [-0.4, -0.2) is 66.8 Å². The van der Waals surface area contributed by atoms with E-state index < -0.39 is 87.7 Å². The van der Waals surface area contributed by atoms with Gasteiger partial charge < -0.3 is 10.1 Å². The molecular formula is C42H35ClF6N10O5S. The predicted molar refractivity (Wildman–Crippen MR) is 224 cm³/mol. The first kappa shape index (κ1) is 43.8. The van der Waals surface area contributed by atoms with E-state index >= 15 is 13.6 Å². The maximum Gasteiger partial charge on any atom is 0.293 e. The molecule has 2 aliphatic rings. The number of aryl methyl sites for hydroxylation is 2. The van der Waals surface area contributed by atoms with Crippen LogP contribution in [0.4, 0.5) is 32.2 Å². The third kappa shape index (κ3) is 7.96. The van der Waals surface area contributed by atoms with Gasteiger partial charge in [0, 0.05) is 49.4 Å². The number of sulfonamides is 1. The SMILES string of the molecule is COCc1nc(C)cc(-c2ccc3c(=O)n(-c4ccc(Cl)c5c(NS(C)(=O)=O)nn(C)c45)c([C@H](Cc4cc(F)cc(F)c4)NC(=O)Cn4nc(C(F)F)c5c4C(F)(F)[C@@H]4C[C@H]54)nc3c2)n1. The highest BCUT2D eigenvalue weighted by Crippen LogP contribution is 2.68. The number of benzene rings is 3. The fourth-order valence-electron chi connectivity index (χ4n) is 8.71. The standard InChI is InChI=1S/C42H35ClF6N10O5S/c1-18-9-27(51-31(50-18)17-64-3)20-5-6-23-28(13-20)53-40(59(41(23)61)30-8-7-26(43)34-36(30)57(2)55-39(34)56-65(4,62)63)29(12-19-10-21(44)14-22(45)11-19)52-32(60)16-58-37-33(35(54-58)38(46)47)24-15-25(24)42(37,48)49/h5-11,13-14,24-25,29,38H,12,15-17H2,1-4H3,(H,52,60)(H,55,56)/t24-,25+,29-/m0/s1. The van der Waals surface area contributed by atoms with Crippen LogP contribution in [0.2, 0.25) is 5.02 Å². The predicted octanol–water partition coefficient (Wildman–Crippen LogP) is 6.93. The number of ether oxygens (including phenoxy) is 1. The first-order chi connectivity index (χ1) is 30.7. The number of anilines is 1. The molecule has 65 heavy (non-hydrogen) atoms. The van der Waals surface area contributed by atoms with Crippen LogP contribution in [0.5, 0.6) is 0 Å². The van der Waals surface area contributed by atoms with Gasteiger partial charge >= 0.3 is 0 Å². The van der Waals surface area contributed by atoms with E-state index in [0.29, 0.717) is 33.5 Å². The smallest absolute Gasteiger partial charge is 0.293 e. The molecule has 0 saturated heterocycles. The van der Waals surface area contributed by atoms with Crippen LogP contribution in [0, 0.1) is 24.5 Å². The van der Waals surface area contributed by atoms with Crippen LogP contribution in [0.15, 0.2) is 59.4 Å². The van der Waals surface area contributed by atoms with Gasteiger partial charge in [-0.2, -0.15) is 19.0 Å². The second kappa shape index (κ2) is 15.9. The van der Waals surface area contributed by atoms with Crippen molar-refractivity contribution in [3.05, 3.63) is 121 Å². The van der Waals surface area contributed by atoms with Crippen LogP contribution in [-0.2, 0) is 52.1 Å². The molecule has 2 N–H and O–H groups in total. The number of carbonyl (C=O) groups excluding carboxylic acids is 1. The van der Waals surface area contributed by atoms with Gasteiger partial charge in [0.15, 0.2) is 11.6 Å². The summed E-state index contributed by atoms with van der Waals surface area (Å²) in [7, 11) is -0.994. The zero-order chi connectivity index (χ0) is 46.4. The quantitative estimate of drug-likeness (QED) is 0.115. The topological polar surface area (TPSA) is 181 Å². The summed E-state index contributed by atoms with van der Waals surface area (Å²) >= 11 is 6.65. The average Bonchev–Trinajstić information content (AvgIpc) is 3.75. The molecule has 9 rings (SSSR count). The van der Waals surface area contributed by atoms with E-state index in [-0.39, 0.29) is 68.3 Å². The summed E-state index contributed by atoms with van der Waals surface area (Å²) in [4.78, 5) is 43.2. The average molecular weight is 941 g/mol. The second-order valence-corrected chi connectivity index (χ2v) is 18.2. The lowest BCUT2D eigenvalue weighted by Gasteiger charge is -2.24. The summed E-state index contributed by atoms with van der Waals surface area (Å²) in [6.07, 6.45) is -2.81. The van der Waals surface area contributed by atoms with Crippen molar-refractivity contribution in [2.45, 2.75) is 57.2 Å². The molecule has 1 fully saturated rings. The summed E-state index contributed by atoms with van der Waals surface area (Å²) in [6.45, 7) is 0.844. The van der Waals surface area contributed by atoms with Crippen LogP contribution >= 0.6 is 11.6 Å². The fourth-order valence-corrected chi connectivity index (χ4v) is 9.45. The van der Waals surface area contributed by atoms with E-state index in [1.807, 2.05) is 0 Å². The molecule has 4 aromatic heterocycles. The Hall–Kier alpha value is -6.39. The molecule has 15 nitrogen and oxygen atoms in total. The van der Waals surface area contributed by atoms with Crippen LogP contribution < -0.4 is 15.6 Å². The van der Waals surface area contributed by atoms with Crippen molar-refractivity contribution in [2.75, 3.05) is 18.1 Å². The number of nitrogens with one attached hydrogen (secondary N) is 2. The minimum absolute atomic E-state index is 0.00469. The first-order valence-corrected chi connectivity index (χ1v) is 22.0. The van der Waals surface area contributed by atoms with Crippen LogP contribution in [0.3, 0.4) is 0 Å². The lowest BCUT2D eigenvalue weighted by molar-refractivity contribution is -0.123. The molecule has 0 aliphatic heterocycles. The molecule has 3 aromatic carbocycles. The van der Waals surface area contributed by atoms with E-state index in [9.17, 15) is 30.8 Å². The number of alkyl halides is 4. The van der Waals surface area contributed by atoms with E-state index in [4.69, 9.17) is 21.3 Å². The van der Waals surface area contributed by atoms with E-state index in [1.54, 1.807) is 25.1 Å². The van der Waals surface area contributed by atoms with Gasteiger partial charge in [-0.3, -0.25) is 28.2 Å². The van der Waals surface area contributed by atoms with Gasteiger partial charge in [-0.1, -0.05) is 17.7 Å².